The number of pyridine rings is 1. The van der Waals surface area contributed by atoms with Crippen LogP contribution in [0.5, 0.6) is 0 Å². The van der Waals surface area contributed by atoms with Crippen LogP contribution < -0.4 is 5.56 Å². The molecule has 0 spiro atoms. The molecule has 1 atom stereocenters. The Labute approximate surface area is 176 Å². The maximum atomic E-state index is 13.3. The fourth-order valence-electron chi connectivity index (χ4n) is 2.98. The van der Waals surface area contributed by atoms with Crippen molar-refractivity contribution in [3.63, 3.8) is 0 Å². The molecule has 152 valence electrons. The first kappa shape index (κ1) is 19.9. The Bertz CT molecular complexity index is 1280. The van der Waals surface area contributed by atoms with E-state index >= 15 is 0 Å². The highest BCUT2D eigenvalue weighted by Crippen LogP contribution is 2.35. The average molecular weight is 421 g/mol. The van der Waals surface area contributed by atoms with Gasteiger partial charge in [-0.3, -0.25) is 4.79 Å². The molecule has 0 saturated heterocycles. The summed E-state index contributed by atoms with van der Waals surface area (Å²) in [6, 6.07) is 14.2. The van der Waals surface area contributed by atoms with Crippen LogP contribution in [0.4, 0.5) is 0 Å². The lowest BCUT2D eigenvalue weighted by atomic mass is 10.2. The summed E-state index contributed by atoms with van der Waals surface area (Å²) in [6.45, 7) is 3.85. The third-order valence-corrected chi connectivity index (χ3v) is 5.64. The van der Waals surface area contributed by atoms with Crippen LogP contribution >= 0.6 is 11.8 Å². The van der Waals surface area contributed by atoms with Crippen molar-refractivity contribution in [1.82, 2.24) is 14.5 Å². The van der Waals surface area contributed by atoms with Crippen LogP contribution in [0.3, 0.4) is 0 Å². The van der Waals surface area contributed by atoms with Gasteiger partial charge in [0, 0.05) is 6.20 Å². The minimum absolute atomic E-state index is 0.129. The van der Waals surface area contributed by atoms with Crippen molar-refractivity contribution in [2.24, 2.45) is 0 Å². The van der Waals surface area contributed by atoms with Crippen molar-refractivity contribution in [2.75, 3.05) is 7.11 Å². The fourth-order valence-corrected chi connectivity index (χ4v) is 3.98. The predicted octanol–water partition coefficient (Wildman–Crippen LogP) is 4.32. The normalized spacial score (nSPS) is 12.1. The van der Waals surface area contributed by atoms with Gasteiger partial charge in [-0.1, -0.05) is 30.0 Å². The zero-order chi connectivity index (χ0) is 21.3. The molecule has 4 rings (SSSR count). The molecular weight excluding hydrogens is 402 g/mol. The molecule has 0 amide bonds. The molecule has 7 nitrogen and oxygen atoms in total. The average Bonchev–Trinajstić information content (AvgIpc) is 3.25. The number of fused-ring (bicyclic) bond motifs is 1. The molecule has 0 aliphatic rings. The summed E-state index contributed by atoms with van der Waals surface area (Å²) >= 11 is 1.35. The van der Waals surface area contributed by atoms with E-state index in [1.165, 1.54) is 23.4 Å². The maximum Gasteiger partial charge on any atom is 0.373 e. The summed E-state index contributed by atoms with van der Waals surface area (Å²) in [5, 5.41) is 0.787. The molecule has 0 aliphatic carbocycles. The molecule has 0 aliphatic heterocycles. The Morgan fingerprint density at radius 3 is 2.70 bits per heavy atom. The van der Waals surface area contributed by atoms with E-state index in [9.17, 15) is 9.59 Å². The predicted molar refractivity (Wildman–Crippen MR) is 114 cm³/mol. The molecule has 0 N–H and O–H groups in total. The molecule has 1 aromatic carbocycles. The summed E-state index contributed by atoms with van der Waals surface area (Å²) in [6.07, 6.45) is 1.71. The Balaban J connectivity index is 1.80. The number of carbonyl (C=O) groups is 1. The highest BCUT2D eigenvalue weighted by molar-refractivity contribution is 7.99. The van der Waals surface area contributed by atoms with E-state index < -0.39 is 5.97 Å². The molecule has 0 saturated carbocycles. The molecule has 30 heavy (non-hydrogen) atoms. The number of ether oxygens (including phenoxy) is 1. The molecule has 0 bridgehead atoms. The van der Waals surface area contributed by atoms with Gasteiger partial charge < -0.3 is 9.15 Å². The fraction of sp³-hybridized carbons (Fsp3) is 0.182. The van der Waals surface area contributed by atoms with Gasteiger partial charge in [0.15, 0.2) is 5.16 Å². The van der Waals surface area contributed by atoms with Crippen molar-refractivity contribution in [3.8, 4) is 5.82 Å². The van der Waals surface area contributed by atoms with E-state index in [-0.39, 0.29) is 16.6 Å². The Kier molecular flexibility index (Phi) is 5.41. The SMILES string of the molecule is COC(=O)c1ccc([C@@H](C)Sc2nc3ccccc3c(=O)n2-c2ccc(C)cn2)o1. The van der Waals surface area contributed by atoms with Gasteiger partial charge in [0.25, 0.3) is 5.56 Å². The van der Waals surface area contributed by atoms with Gasteiger partial charge >= 0.3 is 5.97 Å². The summed E-state index contributed by atoms with van der Waals surface area (Å²) in [5.41, 5.74) is 1.41. The smallest absolute Gasteiger partial charge is 0.373 e. The lowest BCUT2D eigenvalue weighted by Crippen LogP contribution is -2.22. The van der Waals surface area contributed by atoms with E-state index in [0.29, 0.717) is 27.6 Å². The Morgan fingerprint density at radius 1 is 1.17 bits per heavy atom. The molecule has 8 heteroatoms. The van der Waals surface area contributed by atoms with Gasteiger partial charge in [-0.15, -0.1) is 0 Å². The van der Waals surface area contributed by atoms with E-state index in [2.05, 4.69) is 4.98 Å². The quantitative estimate of drug-likeness (QED) is 0.269. The number of hydrogen-bond acceptors (Lipinski definition) is 7. The van der Waals surface area contributed by atoms with Gasteiger partial charge in [-0.25, -0.2) is 19.3 Å². The van der Waals surface area contributed by atoms with Gasteiger partial charge in [0.2, 0.25) is 5.76 Å². The van der Waals surface area contributed by atoms with Gasteiger partial charge in [-0.05, 0) is 49.7 Å². The third-order valence-electron chi connectivity index (χ3n) is 4.57. The first-order valence-electron chi connectivity index (χ1n) is 9.27. The number of carbonyl (C=O) groups excluding carboxylic acids is 1. The number of furan rings is 1. The maximum absolute atomic E-state index is 13.3. The number of rotatable bonds is 5. The zero-order valence-corrected chi connectivity index (χ0v) is 17.5. The molecule has 0 fully saturated rings. The first-order chi connectivity index (χ1) is 14.5. The van der Waals surface area contributed by atoms with Crippen molar-refractivity contribution >= 4 is 28.6 Å². The lowest BCUT2D eigenvalue weighted by molar-refractivity contribution is 0.0563. The number of thioether (sulfide) groups is 1. The number of aryl methyl sites for hydroxylation is 1. The summed E-state index contributed by atoms with van der Waals surface area (Å²) < 4.78 is 11.8. The highest BCUT2D eigenvalue weighted by atomic mass is 32.2. The van der Waals surface area contributed by atoms with Crippen LogP contribution in [0, 0.1) is 6.92 Å². The third kappa shape index (κ3) is 3.73. The van der Waals surface area contributed by atoms with E-state index in [4.69, 9.17) is 14.1 Å². The second kappa shape index (κ2) is 8.16. The molecule has 0 unspecified atom stereocenters. The van der Waals surface area contributed by atoms with E-state index in [1.54, 1.807) is 36.5 Å². The van der Waals surface area contributed by atoms with Crippen LogP contribution in [0.2, 0.25) is 0 Å². The molecular formula is C22H19N3O4S. The topological polar surface area (TPSA) is 87.2 Å². The van der Waals surface area contributed by atoms with E-state index in [1.807, 2.05) is 32.0 Å². The summed E-state index contributed by atoms with van der Waals surface area (Å²) in [7, 11) is 1.30. The standard InChI is InChI=1S/C22H19N3O4S/c1-13-8-11-19(23-12-13)25-20(26)15-6-4-5-7-16(15)24-22(25)30-14(2)17-9-10-18(29-17)21(27)28-3/h4-12,14H,1-3H3/t14-/m1/s1. The second-order valence-corrected chi connectivity index (χ2v) is 8.01. The lowest BCUT2D eigenvalue weighted by Gasteiger charge is -2.15. The van der Waals surface area contributed by atoms with Crippen molar-refractivity contribution in [3.05, 3.63) is 82.2 Å². The van der Waals surface area contributed by atoms with Crippen molar-refractivity contribution in [1.29, 1.82) is 0 Å². The number of methoxy groups -OCH3 is 1. The number of hydrogen-bond donors (Lipinski definition) is 0. The molecule has 3 aromatic heterocycles. The van der Waals surface area contributed by atoms with Gasteiger partial charge in [0.1, 0.15) is 11.6 Å². The minimum atomic E-state index is -0.539. The number of nitrogens with zero attached hydrogens (tertiary/aromatic N) is 3. The zero-order valence-electron chi connectivity index (χ0n) is 16.7. The first-order valence-corrected chi connectivity index (χ1v) is 10.2. The largest absolute Gasteiger partial charge is 0.463 e. The van der Waals surface area contributed by atoms with Crippen LogP contribution in [0.1, 0.15) is 34.1 Å². The number of benzene rings is 1. The monoisotopic (exact) mass is 421 g/mol. The minimum Gasteiger partial charge on any atom is -0.463 e. The number of para-hydroxylation sites is 1. The molecule has 3 heterocycles. The molecule has 0 radical (unpaired) electrons. The highest BCUT2D eigenvalue weighted by Gasteiger charge is 2.21. The van der Waals surface area contributed by atoms with Crippen molar-refractivity contribution < 1.29 is 13.9 Å². The van der Waals surface area contributed by atoms with Crippen LogP contribution in [0.25, 0.3) is 16.7 Å². The summed E-state index contributed by atoms with van der Waals surface area (Å²) in [5.74, 6) is 0.659. The van der Waals surface area contributed by atoms with Crippen LogP contribution in [0.15, 0.2) is 69.1 Å². The molecule has 4 aromatic rings. The van der Waals surface area contributed by atoms with Gasteiger partial charge in [-0.2, -0.15) is 0 Å². The summed E-state index contributed by atoms with van der Waals surface area (Å²) in [4.78, 5) is 34.1. The second-order valence-electron chi connectivity index (χ2n) is 6.70. The van der Waals surface area contributed by atoms with Gasteiger partial charge in [0.05, 0.1) is 23.3 Å². The van der Waals surface area contributed by atoms with E-state index in [0.717, 1.165) is 5.56 Å². The van der Waals surface area contributed by atoms with Crippen LogP contribution in [-0.2, 0) is 4.74 Å². The number of aromatic nitrogens is 3. The van der Waals surface area contributed by atoms with Crippen molar-refractivity contribution in [2.45, 2.75) is 24.3 Å². The van der Waals surface area contributed by atoms with Crippen LogP contribution in [-0.4, -0.2) is 27.6 Å². The number of esters is 1. The Morgan fingerprint density at radius 2 is 1.97 bits per heavy atom. The Hall–Kier alpha value is -3.39.